The first-order valence-electron chi connectivity index (χ1n) is 6.75. The highest BCUT2D eigenvalue weighted by molar-refractivity contribution is 7.99. The highest BCUT2D eigenvalue weighted by atomic mass is 32.2. The van der Waals surface area contributed by atoms with Crippen LogP contribution in [0.1, 0.15) is 19.8 Å². The number of nitrogen functional groups attached to an aromatic ring is 1. The van der Waals surface area contributed by atoms with Crippen molar-refractivity contribution >= 4 is 34.5 Å². The molecule has 1 heterocycles. The lowest BCUT2D eigenvalue weighted by atomic mass is 10.3. The Kier molecular flexibility index (Phi) is 3.56. The lowest BCUT2D eigenvalue weighted by Gasteiger charge is -2.19. The summed E-state index contributed by atoms with van der Waals surface area (Å²) in [6, 6.07) is 5.81. The van der Waals surface area contributed by atoms with Gasteiger partial charge in [-0.3, -0.25) is 4.79 Å². The summed E-state index contributed by atoms with van der Waals surface area (Å²) in [5.74, 6) is 0.522. The number of nitrogens with two attached hydrogens (primary N) is 1. The fourth-order valence-corrected chi connectivity index (χ4v) is 2.94. The molecule has 6 heteroatoms. The van der Waals surface area contributed by atoms with Gasteiger partial charge in [0, 0.05) is 24.3 Å². The molecule has 1 fully saturated rings. The number of rotatable bonds is 5. The van der Waals surface area contributed by atoms with Crippen molar-refractivity contribution in [1.82, 2.24) is 9.88 Å². The fourth-order valence-electron chi connectivity index (χ4n) is 2.21. The van der Waals surface area contributed by atoms with E-state index in [2.05, 4.69) is 4.98 Å². The summed E-state index contributed by atoms with van der Waals surface area (Å²) >= 11 is 1.34. The van der Waals surface area contributed by atoms with Crippen molar-refractivity contribution in [2.75, 3.05) is 18.0 Å². The molecule has 3 rings (SSSR count). The number of carbonyl (C=O) groups is 1. The number of thioether (sulfide) groups is 1. The Balaban J connectivity index is 1.65. The molecule has 106 valence electrons. The largest absolute Gasteiger partial charge is 0.431 e. The second-order valence-corrected chi connectivity index (χ2v) is 5.83. The minimum Gasteiger partial charge on any atom is -0.431 e. The number of benzene rings is 1. The van der Waals surface area contributed by atoms with E-state index in [9.17, 15) is 4.79 Å². The van der Waals surface area contributed by atoms with Gasteiger partial charge in [0.25, 0.3) is 5.22 Å². The van der Waals surface area contributed by atoms with E-state index in [1.54, 1.807) is 12.1 Å². The molecular formula is C14H17N3O2S. The van der Waals surface area contributed by atoms with Crippen molar-refractivity contribution in [3.8, 4) is 0 Å². The predicted molar refractivity (Wildman–Crippen MR) is 79.6 cm³/mol. The van der Waals surface area contributed by atoms with Crippen molar-refractivity contribution in [1.29, 1.82) is 0 Å². The van der Waals surface area contributed by atoms with Gasteiger partial charge in [-0.1, -0.05) is 11.8 Å². The molecule has 0 radical (unpaired) electrons. The highest BCUT2D eigenvalue weighted by Crippen LogP contribution is 2.29. The molecule has 0 aliphatic heterocycles. The molecule has 1 aliphatic carbocycles. The van der Waals surface area contributed by atoms with Crippen LogP contribution in [0.3, 0.4) is 0 Å². The Morgan fingerprint density at radius 3 is 3.05 bits per heavy atom. The van der Waals surface area contributed by atoms with Crippen LogP contribution < -0.4 is 5.73 Å². The predicted octanol–water partition coefficient (Wildman–Crippen LogP) is 2.51. The van der Waals surface area contributed by atoms with E-state index in [4.69, 9.17) is 10.2 Å². The van der Waals surface area contributed by atoms with Crippen LogP contribution in [0.2, 0.25) is 0 Å². The third-order valence-electron chi connectivity index (χ3n) is 3.36. The lowest BCUT2D eigenvalue weighted by Crippen LogP contribution is -2.34. The molecule has 0 bridgehead atoms. The zero-order valence-corrected chi connectivity index (χ0v) is 12.2. The SMILES string of the molecule is CCN(C(=O)CSc1nc2ccc(N)cc2o1)C1CC1. The molecular weight excluding hydrogens is 274 g/mol. The van der Waals surface area contributed by atoms with E-state index in [1.807, 2.05) is 17.9 Å². The first kappa shape index (κ1) is 13.3. The molecule has 0 unspecified atom stereocenters. The number of fused-ring (bicyclic) bond motifs is 1. The molecule has 2 aromatic rings. The molecule has 1 aromatic carbocycles. The van der Waals surface area contributed by atoms with Gasteiger partial charge in [-0.05, 0) is 31.9 Å². The maximum absolute atomic E-state index is 12.1. The Morgan fingerprint density at radius 1 is 1.55 bits per heavy atom. The summed E-state index contributed by atoms with van der Waals surface area (Å²) in [4.78, 5) is 18.4. The summed E-state index contributed by atoms with van der Waals surface area (Å²) in [6.45, 7) is 2.79. The second kappa shape index (κ2) is 5.36. The average molecular weight is 291 g/mol. The molecule has 5 nitrogen and oxygen atoms in total. The highest BCUT2D eigenvalue weighted by Gasteiger charge is 2.31. The standard InChI is InChI=1S/C14H17N3O2S/c1-2-17(10-4-5-10)13(18)8-20-14-16-11-6-3-9(15)7-12(11)19-14/h3,6-7,10H,2,4-5,8,15H2,1H3. The van der Waals surface area contributed by atoms with Crippen molar-refractivity contribution < 1.29 is 9.21 Å². The topological polar surface area (TPSA) is 72.4 Å². The maximum Gasteiger partial charge on any atom is 0.257 e. The first-order chi connectivity index (χ1) is 9.67. The van der Waals surface area contributed by atoms with Crippen molar-refractivity contribution in [2.45, 2.75) is 31.0 Å². The third kappa shape index (κ3) is 2.75. The Bertz CT molecular complexity index is 636. The van der Waals surface area contributed by atoms with Crippen molar-refractivity contribution in [2.24, 2.45) is 0 Å². The number of aromatic nitrogens is 1. The number of oxazole rings is 1. The van der Waals surface area contributed by atoms with Gasteiger partial charge < -0.3 is 15.1 Å². The second-order valence-electron chi connectivity index (χ2n) is 4.91. The minimum absolute atomic E-state index is 0.154. The number of hydrogen-bond donors (Lipinski definition) is 1. The van der Waals surface area contributed by atoms with Gasteiger partial charge in [0.2, 0.25) is 5.91 Å². The number of amides is 1. The monoisotopic (exact) mass is 291 g/mol. The van der Waals surface area contributed by atoms with E-state index in [-0.39, 0.29) is 5.91 Å². The van der Waals surface area contributed by atoms with Gasteiger partial charge in [0.15, 0.2) is 5.58 Å². The van der Waals surface area contributed by atoms with Crippen LogP contribution in [-0.2, 0) is 4.79 Å². The average Bonchev–Trinajstić information content (AvgIpc) is 3.17. The Morgan fingerprint density at radius 2 is 2.35 bits per heavy atom. The van der Waals surface area contributed by atoms with Crippen LogP contribution in [0, 0.1) is 0 Å². The van der Waals surface area contributed by atoms with Crippen molar-refractivity contribution in [3.05, 3.63) is 18.2 Å². The first-order valence-corrected chi connectivity index (χ1v) is 7.74. The quantitative estimate of drug-likeness (QED) is 0.677. The van der Waals surface area contributed by atoms with Crippen LogP contribution in [0.4, 0.5) is 5.69 Å². The van der Waals surface area contributed by atoms with E-state index in [0.717, 1.165) is 24.9 Å². The molecule has 1 amide bonds. The van der Waals surface area contributed by atoms with Crippen LogP contribution in [0.25, 0.3) is 11.1 Å². The molecule has 0 atom stereocenters. The molecule has 1 saturated carbocycles. The maximum atomic E-state index is 12.1. The minimum atomic E-state index is 0.154. The van der Waals surface area contributed by atoms with Gasteiger partial charge in [0.1, 0.15) is 5.52 Å². The summed E-state index contributed by atoms with van der Waals surface area (Å²) in [5.41, 5.74) is 7.77. The van der Waals surface area contributed by atoms with E-state index in [0.29, 0.717) is 28.3 Å². The third-order valence-corrected chi connectivity index (χ3v) is 4.17. The smallest absolute Gasteiger partial charge is 0.257 e. The zero-order chi connectivity index (χ0) is 14.1. The van der Waals surface area contributed by atoms with E-state index < -0.39 is 0 Å². The van der Waals surface area contributed by atoms with Gasteiger partial charge in [0.05, 0.1) is 5.75 Å². The normalized spacial score (nSPS) is 14.7. The summed E-state index contributed by atoms with van der Waals surface area (Å²) in [6.07, 6.45) is 2.26. The van der Waals surface area contributed by atoms with Gasteiger partial charge >= 0.3 is 0 Å². The molecule has 2 N–H and O–H groups in total. The van der Waals surface area contributed by atoms with E-state index >= 15 is 0 Å². The number of nitrogens with zero attached hydrogens (tertiary/aromatic N) is 2. The lowest BCUT2D eigenvalue weighted by molar-refractivity contribution is -0.128. The molecule has 20 heavy (non-hydrogen) atoms. The summed E-state index contributed by atoms with van der Waals surface area (Å²) in [5, 5.41) is 0.519. The van der Waals surface area contributed by atoms with Gasteiger partial charge in [-0.25, -0.2) is 4.98 Å². The molecule has 0 saturated heterocycles. The van der Waals surface area contributed by atoms with Gasteiger partial charge in [-0.15, -0.1) is 0 Å². The summed E-state index contributed by atoms with van der Waals surface area (Å²) < 4.78 is 5.59. The molecule has 0 spiro atoms. The van der Waals surface area contributed by atoms with Crippen LogP contribution >= 0.6 is 11.8 Å². The van der Waals surface area contributed by atoms with Crippen LogP contribution in [0.15, 0.2) is 27.8 Å². The number of carbonyl (C=O) groups excluding carboxylic acids is 1. The van der Waals surface area contributed by atoms with Crippen LogP contribution in [-0.4, -0.2) is 34.1 Å². The number of hydrogen-bond acceptors (Lipinski definition) is 5. The number of anilines is 1. The fraction of sp³-hybridized carbons (Fsp3) is 0.429. The zero-order valence-electron chi connectivity index (χ0n) is 11.3. The van der Waals surface area contributed by atoms with E-state index in [1.165, 1.54) is 11.8 Å². The molecule has 1 aromatic heterocycles. The van der Waals surface area contributed by atoms with Gasteiger partial charge in [-0.2, -0.15) is 0 Å². The Labute approximate surface area is 121 Å². The molecule has 1 aliphatic rings. The Hall–Kier alpha value is -1.69. The van der Waals surface area contributed by atoms with Crippen LogP contribution in [0.5, 0.6) is 0 Å². The van der Waals surface area contributed by atoms with Crippen molar-refractivity contribution in [3.63, 3.8) is 0 Å². The summed E-state index contributed by atoms with van der Waals surface area (Å²) in [7, 11) is 0.